The van der Waals surface area contributed by atoms with Crippen molar-refractivity contribution >= 4 is 17.3 Å². The molecule has 0 spiro atoms. The van der Waals surface area contributed by atoms with Crippen LogP contribution in [0.5, 0.6) is 0 Å². The van der Waals surface area contributed by atoms with Crippen molar-refractivity contribution < 1.29 is 4.92 Å². The van der Waals surface area contributed by atoms with Gasteiger partial charge < -0.3 is 10.7 Å². The Morgan fingerprint density at radius 1 is 1.19 bits per heavy atom. The molecule has 1 aromatic heterocycles. The summed E-state index contributed by atoms with van der Waals surface area (Å²) in [5.41, 5.74) is 4.16. The van der Waals surface area contributed by atoms with Crippen LogP contribution in [0.15, 0.2) is 30.6 Å². The van der Waals surface area contributed by atoms with E-state index >= 15 is 0 Å². The van der Waals surface area contributed by atoms with Crippen molar-refractivity contribution in [3.8, 4) is 0 Å². The van der Waals surface area contributed by atoms with Gasteiger partial charge in [-0.05, 0) is 17.5 Å². The number of benzene rings is 1. The van der Waals surface area contributed by atoms with Crippen LogP contribution < -0.4 is 16.6 Å². The van der Waals surface area contributed by atoms with Crippen LogP contribution in [0.3, 0.4) is 0 Å². The Labute approximate surface area is 121 Å². The molecular formula is C13H16N6O2. The maximum absolute atomic E-state index is 11.1. The highest BCUT2D eigenvalue weighted by molar-refractivity contribution is 5.68. The Hall–Kier alpha value is -2.74. The Balaban J connectivity index is 2.17. The lowest BCUT2D eigenvalue weighted by Crippen LogP contribution is -2.13. The highest BCUT2D eigenvalue weighted by Gasteiger charge is 2.22. The normalized spacial score (nSPS) is 10.2. The molecule has 0 aliphatic carbocycles. The van der Waals surface area contributed by atoms with Crippen molar-refractivity contribution in [2.24, 2.45) is 5.84 Å². The lowest BCUT2D eigenvalue weighted by molar-refractivity contribution is -0.383. The molecule has 0 saturated carbocycles. The van der Waals surface area contributed by atoms with Crippen LogP contribution in [0.1, 0.15) is 18.1 Å². The summed E-state index contributed by atoms with van der Waals surface area (Å²) in [6, 6.07) is 8.00. The summed E-state index contributed by atoms with van der Waals surface area (Å²) < 4.78 is 0. The average Bonchev–Trinajstić information content (AvgIpc) is 2.52. The lowest BCUT2D eigenvalue weighted by atomic mass is 10.1. The van der Waals surface area contributed by atoms with Crippen molar-refractivity contribution in [1.82, 2.24) is 9.97 Å². The molecule has 2 rings (SSSR count). The second kappa shape index (κ2) is 6.62. The molecule has 1 heterocycles. The fourth-order valence-electron chi connectivity index (χ4n) is 1.87. The number of hydrazine groups is 1. The Morgan fingerprint density at radius 2 is 1.81 bits per heavy atom. The van der Waals surface area contributed by atoms with Gasteiger partial charge in [-0.15, -0.1) is 0 Å². The quantitative estimate of drug-likeness (QED) is 0.421. The second-order valence-corrected chi connectivity index (χ2v) is 4.34. The molecule has 8 heteroatoms. The van der Waals surface area contributed by atoms with E-state index in [0.717, 1.165) is 12.0 Å². The van der Waals surface area contributed by atoms with Gasteiger partial charge in [0.05, 0.1) is 4.92 Å². The zero-order valence-electron chi connectivity index (χ0n) is 11.5. The second-order valence-electron chi connectivity index (χ2n) is 4.34. The van der Waals surface area contributed by atoms with Crippen LogP contribution >= 0.6 is 0 Å². The SMILES string of the molecule is CCc1ccc(CNc2ncnc(NN)c2[N+](=O)[O-])cc1. The topological polar surface area (TPSA) is 119 Å². The maximum Gasteiger partial charge on any atom is 0.354 e. The van der Waals surface area contributed by atoms with E-state index in [0.29, 0.717) is 6.54 Å². The number of nitro groups is 1. The molecule has 0 fully saturated rings. The molecule has 110 valence electrons. The van der Waals surface area contributed by atoms with E-state index in [9.17, 15) is 10.1 Å². The summed E-state index contributed by atoms with van der Waals surface area (Å²) in [6.45, 7) is 2.50. The van der Waals surface area contributed by atoms with Gasteiger partial charge in [-0.1, -0.05) is 31.2 Å². The summed E-state index contributed by atoms with van der Waals surface area (Å²) in [4.78, 5) is 18.1. The largest absolute Gasteiger partial charge is 0.360 e. The van der Waals surface area contributed by atoms with Gasteiger partial charge >= 0.3 is 5.69 Å². The molecule has 1 aromatic carbocycles. The monoisotopic (exact) mass is 288 g/mol. The fourth-order valence-corrected chi connectivity index (χ4v) is 1.87. The predicted octanol–water partition coefficient (Wildman–Crippen LogP) is 1.84. The van der Waals surface area contributed by atoms with Gasteiger partial charge in [0.2, 0.25) is 11.6 Å². The molecule has 8 nitrogen and oxygen atoms in total. The van der Waals surface area contributed by atoms with Crippen molar-refractivity contribution in [2.75, 3.05) is 10.7 Å². The molecule has 0 saturated heterocycles. The number of hydrogen-bond donors (Lipinski definition) is 3. The smallest absolute Gasteiger partial charge is 0.354 e. The lowest BCUT2D eigenvalue weighted by Gasteiger charge is -2.08. The molecule has 0 aliphatic heterocycles. The summed E-state index contributed by atoms with van der Waals surface area (Å²) >= 11 is 0. The molecular weight excluding hydrogens is 272 g/mol. The van der Waals surface area contributed by atoms with Gasteiger partial charge in [0, 0.05) is 6.54 Å². The highest BCUT2D eigenvalue weighted by atomic mass is 16.6. The summed E-state index contributed by atoms with van der Waals surface area (Å²) in [5.74, 6) is 5.32. The van der Waals surface area contributed by atoms with Gasteiger partial charge in [-0.3, -0.25) is 10.1 Å². The van der Waals surface area contributed by atoms with E-state index in [1.54, 1.807) is 0 Å². The molecule has 0 atom stereocenters. The summed E-state index contributed by atoms with van der Waals surface area (Å²) in [7, 11) is 0. The summed E-state index contributed by atoms with van der Waals surface area (Å²) in [5, 5.41) is 14.0. The summed E-state index contributed by atoms with van der Waals surface area (Å²) in [6.07, 6.45) is 2.18. The van der Waals surface area contributed by atoms with Gasteiger partial charge in [0.1, 0.15) is 6.33 Å². The first kappa shape index (κ1) is 14.7. The molecule has 0 aliphatic rings. The molecule has 0 amide bonds. The first-order chi connectivity index (χ1) is 10.2. The van der Waals surface area contributed by atoms with E-state index in [2.05, 4.69) is 27.6 Å². The third-order valence-corrected chi connectivity index (χ3v) is 3.03. The van der Waals surface area contributed by atoms with Crippen molar-refractivity contribution in [3.63, 3.8) is 0 Å². The van der Waals surface area contributed by atoms with E-state index in [4.69, 9.17) is 5.84 Å². The number of anilines is 2. The minimum Gasteiger partial charge on any atom is -0.360 e. The van der Waals surface area contributed by atoms with Crippen molar-refractivity contribution in [3.05, 3.63) is 51.8 Å². The zero-order chi connectivity index (χ0) is 15.2. The third kappa shape index (κ3) is 3.42. The first-order valence-corrected chi connectivity index (χ1v) is 6.43. The van der Waals surface area contributed by atoms with E-state index in [1.165, 1.54) is 11.9 Å². The molecule has 0 radical (unpaired) electrons. The molecule has 4 N–H and O–H groups in total. The van der Waals surface area contributed by atoms with Crippen LogP contribution in [0.4, 0.5) is 17.3 Å². The van der Waals surface area contributed by atoms with Crippen LogP contribution in [0.2, 0.25) is 0 Å². The van der Waals surface area contributed by atoms with Crippen LogP contribution in [-0.2, 0) is 13.0 Å². The van der Waals surface area contributed by atoms with E-state index in [-0.39, 0.29) is 17.3 Å². The predicted molar refractivity (Wildman–Crippen MR) is 79.6 cm³/mol. The standard InChI is InChI=1S/C13H16N6O2/c1-2-9-3-5-10(6-4-9)7-15-12-11(19(20)21)13(18-14)17-8-16-12/h3-6,8H,2,7,14H2,1H3,(H2,15,16,17,18). The number of aryl methyl sites for hydroxylation is 1. The molecule has 21 heavy (non-hydrogen) atoms. The van der Waals surface area contributed by atoms with E-state index < -0.39 is 4.92 Å². The number of nitrogens with two attached hydrogens (primary N) is 1. The number of nitrogens with one attached hydrogen (secondary N) is 2. The van der Waals surface area contributed by atoms with Crippen molar-refractivity contribution in [2.45, 2.75) is 19.9 Å². The number of aromatic nitrogens is 2. The van der Waals surface area contributed by atoms with Gasteiger partial charge in [-0.25, -0.2) is 15.8 Å². The highest BCUT2D eigenvalue weighted by Crippen LogP contribution is 2.28. The average molecular weight is 288 g/mol. The van der Waals surface area contributed by atoms with E-state index in [1.807, 2.05) is 24.3 Å². The first-order valence-electron chi connectivity index (χ1n) is 6.43. The van der Waals surface area contributed by atoms with Crippen molar-refractivity contribution in [1.29, 1.82) is 0 Å². The fraction of sp³-hybridized carbons (Fsp3) is 0.231. The maximum atomic E-state index is 11.1. The Kier molecular flexibility index (Phi) is 4.62. The minimum absolute atomic E-state index is 0.0289. The Morgan fingerprint density at radius 3 is 2.38 bits per heavy atom. The number of hydrogen-bond acceptors (Lipinski definition) is 7. The minimum atomic E-state index is -0.572. The molecule has 0 bridgehead atoms. The van der Waals surface area contributed by atoms with Gasteiger partial charge in [0.15, 0.2) is 0 Å². The number of rotatable bonds is 6. The molecule has 2 aromatic rings. The van der Waals surface area contributed by atoms with Crippen LogP contribution in [0, 0.1) is 10.1 Å². The number of nitrogen functional groups attached to an aromatic ring is 1. The van der Waals surface area contributed by atoms with Crippen LogP contribution in [-0.4, -0.2) is 14.9 Å². The zero-order valence-corrected chi connectivity index (χ0v) is 11.5. The Bertz CT molecular complexity index is 629. The molecule has 0 unspecified atom stereocenters. The third-order valence-electron chi connectivity index (χ3n) is 3.03. The van der Waals surface area contributed by atoms with Crippen LogP contribution in [0.25, 0.3) is 0 Å². The number of nitrogens with zero attached hydrogens (tertiary/aromatic N) is 3. The van der Waals surface area contributed by atoms with Gasteiger partial charge in [0.25, 0.3) is 0 Å². The van der Waals surface area contributed by atoms with Gasteiger partial charge in [-0.2, -0.15) is 0 Å².